The molecule has 2 atom stereocenters. The standard InChI is InChI=1S/C22H25ClFN3O3/c1-12(2)22(29)25-11-13-4-6-16(23)15(8-13)21-26-18(10-20(28)27-21)14-5-7-19(30-3)17(24)9-14/h4-9,12,18,21,26H,10-11H2,1-3H3,(H,25,29)(H,27,28). The van der Waals surface area contributed by atoms with Crippen molar-refractivity contribution >= 4 is 23.4 Å². The van der Waals surface area contributed by atoms with Crippen LogP contribution >= 0.6 is 11.6 Å². The molecule has 3 rings (SSSR count). The molecule has 30 heavy (non-hydrogen) atoms. The topological polar surface area (TPSA) is 79.5 Å². The van der Waals surface area contributed by atoms with E-state index in [4.69, 9.17) is 16.3 Å². The van der Waals surface area contributed by atoms with E-state index in [-0.39, 0.29) is 35.9 Å². The van der Waals surface area contributed by atoms with Crippen LogP contribution in [-0.4, -0.2) is 18.9 Å². The van der Waals surface area contributed by atoms with Crippen LogP contribution in [0.2, 0.25) is 5.02 Å². The highest BCUT2D eigenvalue weighted by Gasteiger charge is 2.29. The quantitative estimate of drug-likeness (QED) is 0.650. The van der Waals surface area contributed by atoms with Crippen molar-refractivity contribution in [2.75, 3.05) is 7.11 Å². The van der Waals surface area contributed by atoms with E-state index >= 15 is 0 Å². The van der Waals surface area contributed by atoms with Crippen LogP contribution in [0.3, 0.4) is 0 Å². The Morgan fingerprint density at radius 1 is 1.30 bits per heavy atom. The van der Waals surface area contributed by atoms with Gasteiger partial charge in [-0.3, -0.25) is 14.9 Å². The second-order valence-electron chi connectivity index (χ2n) is 7.55. The largest absolute Gasteiger partial charge is 0.494 e. The van der Waals surface area contributed by atoms with Crippen molar-refractivity contribution in [1.29, 1.82) is 0 Å². The second kappa shape index (κ2) is 9.45. The van der Waals surface area contributed by atoms with Gasteiger partial charge in [-0.05, 0) is 35.4 Å². The molecule has 2 unspecified atom stereocenters. The van der Waals surface area contributed by atoms with Crippen LogP contribution in [0.25, 0.3) is 0 Å². The fourth-order valence-electron chi connectivity index (χ4n) is 3.31. The van der Waals surface area contributed by atoms with Gasteiger partial charge in [0.15, 0.2) is 11.6 Å². The highest BCUT2D eigenvalue weighted by Crippen LogP contribution is 2.31. The molecule has 0 spiro atoms. The summed E-state index contributed by atoms with van der Waals surface area (Å²) in [5.74, 6) is -0.663. The minimum absolute atomic E-state index is 0.0443. The van der Waals surface area contributed by atoms with Gasteiger partial charge in [0, 0.05) is 35.5 Å². The molecule has 0 aromatic heterocycles. The molecule has 2 aromatic rings. The van der Waals surface area contributed by atoms with Gasteiger partial charge in [0.2, 0.25) is 11.8 Å². The van der Waals surface area contributed by atoms with Crippen molar-refractivity contribution in [3.63, 3.8) is 0 Å². The van der Waals surface area contributed by atoms with Gasteiger partial charge in [-0.2, -0.15) is 0 Å². The molecule has 2 aromatic carbocycles. The normalized spacial score (nSPS) is 18.8. The summed E-state index contributed by atoms with van der Waals surface area (Å²) in [6.45, 7) is 4.01. The van der Waals surface area contributed by atoms with E-state index in [1.54, 1.807) is 18.2 Å². The average molecular weight is 434 g/mol. The van der Waals surface area contributed by atoms with E-state index in [0.717, 1.165) is 5.56 Å². The number of halogens is 2. The maximum atomic E-state index is 14.1. The Hall–Kier alpha value is -2.64. The minimum atomic E-state index is -0.547. The Morgan fingerprint density at radius 3 is 2.73 bits per heavy atom. The van der Waals surface area contributed by atoms with E-state index in [2.05, 4.69) is 16.0 Å². The fourth-order valence-corrected chi connectivity index (χ4v) is 3.53. The number of hydrogen-bond donors (Lipinski definition) is 3. The predicted octanol–water partition coefficient (Wildman–Crippen LogP) is 3.61. The zero-order valence-electron chi connectivity index (χ0n) is 17.1. The van der Waals surface area contributed by atoms with E-state index in [0.29, 0.717) is 22.7 Å². The van der Waals surface area contributed by atoms with Gasteiger partial charge in [0.05, 0.1) is 7.11 Å². The number of amides is 2. The average Bonchev–Trinajstić information content (AvgIpc) is 2.72. The fraction of sp³-hybridized carbons (Fsp3) is 0.364. The van der Waals surface area contributed by atoms with Gasteiger partial charge < -0.3 is 15.4 Å². The molecule has 160 valence electrons. The number of ether oxygens (including phenoxy) is 1. The third-order valence-electron chi connectivity index (χ3n) is 5.00. The monoisotopic (exact) mass is 433 g/mol. The Balaban J connectivity index is 1.81. The lowest BCUT2D eigenvalue weighted by Crippen LogP contribution is -2.46. The SMILES string of the molecule is COc1ccc(C2CC(=O)NC(c3cc(CNC(=O)C(C)C)ccc3Cl)N2)cc1F. The summed E-state index contributed by atoms with van der Waals surface area (Å²) in [6, 6.07) is 9.66. The number of methoxy groups -OCH3 is 1. The van der Waals surface area contributed by atoms with Gasteiger partial charge in [-0.25, -0.2) is 4.39 Å². The van der Waals surface area contributed by atoms with Crippen molar-refractivity contribution in [1.82, 2.24) is 16.0 Å². The highest BCUT2D eigenvalue weighted by molar-refractivity contribution is 6.31. The molecule has 1 fully saturated rings. The first-order valence-electron chi connectivity index (χ1n) is 9.73. The Labute approximate surface area is 180 Å². The van der Waals surface area contributed by atoms with Crippen molar-refractivity contribution in [2.45, 2.75) is 39.0 Å². The maximum absolute atomic E-state index is 14.1. The first kappa shape index (κ1) is 22.1. The van der Waals surface area contributed by atoms with E-state index in [1.807, 2.05) is 26.0 Å². The number of benzene rings is 2. The van der Waals surface area contributed by atoms with Crippen LogP contribution in [0, 0.1) is 11.7 Å². The summed E-state index contributed by atoms with van der Waals surface area (Å²) in [4.78, 5) is 24.2. The lowest BCUT2D eigenvalue weighted by molar-refractivity contribution is -0.125. The number of carbonyl (C=O) groups is 2. The first-order chi connectivity index (χ1) is 14.3. The van der Waals surface area contributed by atoms with Crippen molar-refractivity contribution in [2.24, 2.45) is 5.92 Å². The number of hydrogen-bond acceptors (Lipinski definition) is 4. The third-order valence-corrected chi connectivity index (χ3v) is 5.35. The van der Waals surface area contributed by atoms with Gasteiger partial charge in [-0.15, -0.1) is 0 Å². The van der Waals surface area contributed by atoms with Gasteiger partial charge >= 0.3 is 0 Å². The predicted molar refractivity (Wildman–Crippen MR) is 112 cm³/mol. The molecule has 0 saturated carbocycles. The third kappa shape index (κ3) is 5.09. The number of nitrogens with one attached hydrogen (secondary N) is 3. The molecule has 3 N–H and O–H groups in total. The smallest absolute Gasteiger partial charge is 0.223 e. The number of carbonyl (C=O) groups excluding carboxylic acids is 2. The molecular formula is C22H25ClFN3O3. The second-order valence-corrected chi connectivity index (χ2v) is 7.95. The van der Waals surface area contributed by atoms with Crippen LogP contribution in [0.4, 0.5) is 4.39 Å². The first-order valence-corrected chi connectivity index (χ1v) is 10.1. The summed E-state index contributed by atoms with van der Waals surface area (Å²) in [5.41, 5.74) is 2.18. The molecule has 1 heterocycles. The molecule has 6 nitrogen and oxygen atoms in total. The molecule has 0 bridgehead atoms. The number of rotatable bonds is 6. The molecule has 8 heteroatoms. The molecular weight excluding hydrogens is 409 g/mol. The zero-order chi connectivity index (χ0) is 21.8. The van der Waals surface area contributed by atoms with Gasteiger partial charge in [0.1, 0.15) is 6.17 Å². The molecule has 0 radical (unpaired) electrons. The maximum Gasteiger partial charge on any atom is 0.223 e. The van der Waals surface area contributed by atoms with Gasteiger partial charge in [-0.1, -0.05) is 37.6 Å². The Bertz CT molecular complexity index is 951. The van der Waals surface area contributed by atoms with Crippen LogP contribution in [0.1, 0.15) is 49.2 Å². The van der Waals surface area contributed by atoms with E-state index < -0.39 is 12.0 Å². The van der Waals surface area contributed by atoms with Crippen molar-refractivity contribution in [3.05, 3.63) is 63.9 Å². The van der Waals surface area contributed by atoms with E-state index in [9.17, 15) is 14.0 Å². The summed E-state index contributed by atoms with van der Waals surface area (Å²) in [6.07, 6.45) is -0.376. The Kier molecular flexibility index (Phi) is 6.95. The summed E-state index contributed by atoms with van der Waals surface area (Å²) >= 11 is 6.39. The molecule has 1 aliphatic heterocycles. The molecule has 0 aliphatic carbocycles. The highest BCUT2D eigenvalue weighted by atomic mass is 35.5. The Morgan fingerprint density at radius 2 is 2.07 bits per heavy atom. The summed E-state index contributed by atoms with van der Waals surface area (Å²) < 4.78 is 19.1. The molecule has 1 saturated heterocycles. The lowest BCUT2D eigenvalue weighted by Gasteiger charge is -2.33. The van der Waals surface area contributed by atoms with E-state index in [1.165, 1.54) is 13.2 Å². The summed E-state index contributed by atoms with van der Waals surface area (Å²) in [7, 11) is 1.40. The van der Waals surface area contributed by atoms with Gasteiger partial charge in [0.25, 0.3) is 0 Å². The van der Waals surface area contributed by atoms with Crippen molar-refractivity contribution in [3.8, 4) is 5.75 Å². The van der Waals surface area contributed by atoms with Crippen LogP contribution in [0.5, 0.6) is 5.75 Å². The van der Waals surface area contributed by atoms with Crippen LogP contribution < -0.4 is 20.7 Å². The molecule has 1 aliphatic rings. The zero-order valence-corrected chi connectivity index (χ0v) is 17.8. The lowest BCUT2D eigenvalue weighted by atomic mass is 9.98. The molecule has 2 amide bonds. The van der Waals surface area contributed by atoms with Crippen molar-refractivity contribution < 1.29 is 18.7 Å². The van der Waals surface area contributed by atoms with Crippen LogP contribution in [0.15, 0.2) is 36.4 Å². The summed E-state index contributed by atoms with van der Waals surface area (Å²) in [5, 5.41) is 9.55. The minimum Gasteiger partial charge on any atom is -0.494 e. The van der Waals surface area contributed by atoms with Crippen LogP contribution in [-0.2, 0) is 16.1 Å².